The lowest BCUT2D eigenvalue weighted by Gasteiger charge is -2.30. The van der Waals surface area contributed by atoms with E-state index in [1.54, 1.807) is 35.8 Å². The van der Waals surface area contributed by atoms with E-state index in [1.165, 1.54) is 0 Å². The van der Waals surface area contributed by atoms with Crippen LogP contribution in [0.1, 0.15) is 75.6 Å². The average Bonchev–Trinajstić information content (AvgIpc) is 3.63. The van der Waals surface area contributed by atoms with Crippen LogP contribution in [0.2, 0.25) is 5.02 Å². The SMILES string of the molecule is Cc1oc(C2CCN(C(=O)c3noc(C)c3Cn3cc(Cl)cn3)CC2)nc1C(=O)N1CCCC1. The summed E-state index contributed by atoms with van der Waals surface area (Å²) in [7, 11) is 0. The number of aromatic nitrogens is 4. The predicted molar refractivity (Wildman–Crippen MR) is 122 cm³/mol. The van der Waals surface area contributed by atoms with Crippen LogP contribution < -0.4 is 0 Å². The van der Waals surface area contributed by atoms with Gasteiger partial charge in [0, 0.05) is 43.9 Å². The molecule has 0 bridgehead atoms. The van der Waals surface area contributed by atoms with E-state index in [-0.39, 0.29) is 17.7 Å². The fourth-order valence-corrected chi connectivity index (χ4v) is 4.83. The van der Waals surface area contributed by atoms with Crippen LogP contribution in [-0.2, 0) is 6.54 Å². The van der Waals surface area contributed by atoms with E-state index in [4.69, 9.17) is 20.5 Å². The van der Waals surface area contributed by atoms with E-state index < -0.39 is 0 Å². The number of carbonyl (C=O) groups is 2. The lowest BCUT2D eigenvalue weighted by molar-refractivity contribution is 0.0694. The van der Waals surface area contributed by atoms with Crippen molar-refractivity contribution in [2.75, 3.05) is 26.2 Å². The third-order valence-electron chi connectivity index (χ3n) is 6.65. The van der Waals surface area contributed by atoms with E-state index in [0.29, 0.717) is 71.9 Å². The molecule has 2 fully saturated rings. The lowest BCUT2D eigenvalue weighted by Crippen LogP contribution is -2.38. The molecule has 10 nitrogen and oxygen atoms in total. The summed E-state index contributed by atoms with van der Waals surface area (Å²) in [6.45, 7) is 6.56. The highest BCUT2D eigenvalue weighted by Gasteiger charge is 2.32. The molecule has 2 saturated heterocycles. The Morgan fingerprint density at radius 2 is 1.71 bits per heavy atom. The Labute approximate surface area is 201 Å². The standard InChI is InChI=1S/C23H27ClN6O4/c1-14-18(13-30-12-17(24)11-25-30)20(27-34-14)23(32)29-9-5-16(6-10-29)21-26-19(15(2)33-21)22(31)28-7-3-4-8-28/h11-12,16H,3-10,13H2,1-2H3. The number of nitrogens with zero attached hydrogens (tertiary/aromatic N) is 6. The summed E-state index contributed by atoms with van der Waals surface area (Å²) in [5, 5.41) is 8.73. The van der Waals surface area contributed by atoms with Gasteiger partial charge in [-0.3, -0.25) is 14.3 Å². The van der Waals surface area contributed by atoms with Gasteiger partial charge in [0.25, 0.3) is 11.8 Å². The van der Waals surface area contributed by atoms with E-state index in [0.717, 1.165) is 25.9 Å². The second-order valence-corrected chi connectivity index (χ2v) is 9.38. The van der Waals surface area contributed by atoms with Gasteiger partial charge in [-0.2, -0.15) is 5.10 Å². The summed E-state index contributed by atoms with van der Waals surface area (Å²) >= 11 is 5.96. The molecule has 0 N–H and O–H groups in total. The quantitative estimate of drug-likeness (QED) is 0.543. The molecule has 2 aliphatic heterocycles. The lowest BCUT2D eigenvalue weighted by atomic mass is 9.96. The number of oxazole rings is 1. The molecule has 0 aliphatic carbocycles. The normalized spacial score (nSPS) is 17.0. The maximum absolute atomic E-state index is 13.2. The topological polar surface area (TPSA) is 110 Å². The summed E-state index contributed by atoms with van der Waals surface area (Å²) < 4.78 is 12.9. The second-order valence-electron chi connectivity index (χ2n) is 8.94. The Bertz CT molecular complexity index is 1200. The van der Waals surface area contributed by atoms with Crippen LogP contribution in [0, 0.1) is 13.8 Å². The molecule has 0 saturated carbocycles. The Balaban J connectivity index is 1.24. The number of carbonyl (C=O) groups excluding carboxylic acids is 2. The van der Waals surface area contributed by atoms with Crippen molar-refractivity contribution in [3.8, 4) is 0 Å². The van der Waals surface area contributed by atoms with Crippen LogP contribution in [0.25, 0.3) is 0 Å². The van der Waals surface area contributed by atoms with Crippen molar-refractivity contribution in [2.24, 2.45) is 0 Å². The number of rotatable bonds is 5. The molecule has 0 atom stereocenters. The minimum Gasteiger partial charge on any atom is -0.445 e. The first-order valence-corrected chi connectivity index (χ1v) is 12.0. The summed E-state index contributed by atoms with van der Waals surface area (Å²) in [6.07, 6.45) is 6.70. The van der Waals surface area contributed by atoms with E-state index in [2.05, 4.69) is 15.2 Å². The first-order chi connectivity index (χ1) is 16.4. The first-order valence-electron chi connectivity index (χ1n) is 11.6. The molecule has 0 aromatic carbocycles. The minimum atomic E-state index is -0.169. The molecule has 0 unspecified atom stereocenters. The van der Waals surface area contributed by atoms with E-state index in [9.17, 15) is 9.59 Å². The van der Waals surface area contributed by atoms with Gasteiger partial charge in [0.05, 0.1) is 17.8 Å². The predicted octanol–water partition coefficient (Wildman–Crippen LogP) is 3.43. The van der Waals surface area contributed by atoms with Crippen molar-refractivity contribution < 1.29 is 18.5 Å². The van der Waals surface area contributed by atoms with Gasteiger partial charge >= 0.3 is 0 Å². The number of piperidine rings is 1. The van der Waals surface area contributed by atoms with Crippen molar-refractivity contribution >= 4 is 23.4 Å². The van der Waals surface area contributed by atoms with Gasteiger partial charge in [0.1, 0.15) is 11.5 Å². The average molecular weight is 487 g/mol. The number of likely N-dealkylation sites (tertiary alicyclic amines) is 2. The fraction of sp³-hybridized carbons (Fsp3) is 0.522. The summed E-state index contributed by atoms with van der Waals surface area (Å²) in [4.78, 5) is 34.2. The Morgan fingerprint density at radius 1 is 1.03 bits per heavy atom. The highest BCUT2D eigenvalue weighted by molar-refractivity contribution is 6.30. The number of hydrogen-bond donors (Lipinski definition) is 0. The molecule has 0 radical (unpaired) electrons. The van der Waals surface area contributed by atoms with Gasteiger partial charge in [-0.05, 0) is 39.5 Å². The van der Waals surface area contributed by atoms with Gasteiger partial charge in [-0.15, -0.1) is 0 Å². The van der Waals surface area contributed by atoms with Crippen molar-refractivity contribution in [2.45, 2.75) is 52.0 Å². The van der Waals surface area contributed by atoms with Gasteiger partial charge in [-0.1, -0.05) is 16.8 Å². The van der Waals surface area contributed by atoms with Crippen LogP contribution in [-0.4, -0.2) is 67.7 Å². The Kier molecular flexibility index (Phi) is 6.16. The van der Waals surface area contributed by atoms with Crippen LogP contribution >= 0.6 is 11.6 Å². The smallest absolute Gasteiger partial charge is 0.276 e. The Hall–Kier alpha value is -3.14. The molecule has 2 amide bonds. The summed E-state index contributed by atoms with van der Waals surface area (Å²) in [5.74, 6) is 1.57. The highest BCUT2D eigenvalue weighted by Crippen LogP contribution is 2.30. The fourth-order valence-electron chi connectivity index (χ4n) is 4.67. The van der Waals surface area contributed by atoms with Crippen LogP contribution in [0.3, 0.4) is 0 Å². The Morgan fingerprint density at radius 3 is 2.38 bits per heavy atom. The van der Waals surface area contributed by atoms with E-state index >= 15 is 0 Å². The molecule has 3 aromatic rings. The van der Waals surface area contributed by atoms with Crippen molar-refractivity contribution in [1.82, 2.24) is 29.7 Å². The largest absolute Gasteiger partial charge is 0.445 e. The van der Waals surface area contributed by atoms with Crippen LogP contribution in [0.15, 0.2) is 21.3 Å². The summed E-state index contributed by atoms with van der Waals surface area (Å²) in [5.41, 5.74) is 1.41. The molecule has 3 aromatic heterocycles. The molecule has 0 spiro atoms. The van der Waals surface area contributed by atoms with Gasteiger partial charge in [0.2, 0.25) is 0 Å². The van der Waals surface area contributed by atoms with Gasteiger partial charge < -0.3 is 18.7 Å². The van der Waals surface area contributed by atoms with Crippen molar-refractivity contribution in [3.63, 3.8) is 0 Å². The molecular weight excluding hydrogens is 460 g/mol. The highest BCUT2D eigenvalue weighted by atomic mass is 35.5. The molecule has 5 rings (SSSR count). The minimum absolute atomic E-state index is 0.0509. The number of hydrogen-bond acceptors (Lipinski definition) is 7. The molecule has 34 heavy (non-hydrogen) atoms. The zero-order valence-corrected chi connectivity index (χ0v) is 20.0. The zero-order valence-electron chi connectivity index (χ0n) is 19.3. The van der Waals surface area contributed by atoms with Crippen LogP contribution in [0.5, 0.6) is 0 Å². The molecule has 180 valence electrons. The molecular formula is C23H27ClN6O4. The number of amides is 2. The third-order valence-corrected chi connectivity index (χ3v) is 6.84. The molecule has 11 heteroatoms. The maximum Gasteiger partial charge on any atom is 0.276 e. The third kappa shape index (κ3) is 4.34. The van der Waals surface area contributed by atoms with E-state index in [1.807, 2.05) is 4.90 Å². The van der Waals surface area contributed by atoms with Crippen LogP contribution in [0.4, 0.5) is 0 Å². The number of halogens is 1. The number of aryl methyl sites for hydroxylation is 2. The van der Waals surface area contributed by atoms with Crippen molar-refractivity contribution in [3.05, 3.63) is 51.8 Å². The van der Waals surface area contributed by atoms with Gasteiger partial charge in [-0.25, -0.2) is 4.98 Å². The van der Waals surface area contributed by atoms with Gasteiger partial charge in [0.15, 0.2) is 17.3 Å². The first kappa shape index (κ1) is 22.6. The summed E-state index contributed by atoms with van der Waals surface area (Å²) in [6, 6.07) is 0. The molecule has 2 aliphatic rings. The molecule has 5 heterocycles. The second kappa shape index (κ2) is 9.25. The monoisotopic (exact) mass is 486 g/mol. The van der Waals surface area contributed by atoms with Crippen molar-refractivity contribution in [1.29, 1.82) is 0 Å². The zero-order chi connectivity index (χ0) is 23.8. The maximum atomic E-state index is 13.2.